The highest BCUT2D eigenvalue weighted by Gasteiger charge is 2.16. The van der Waals surface area contributed by atoms with Gasteiger partial charge in [0, 0.05) is 25.9 Å². The zero-order valence-electron chi connectivity index (χ0n) is 8.84. The number of aryl methyl sites for hydroxylation is 1. The lowest BCUT2D eigenvalue weighted by Crippen LogP contribution is -2.08. The molecular formula is C11H12ClN3O. The number of halogens is 1. The zero-order chi connectivity index (χ0) is 11.5. The van der Waals surface area contributed by atoms with Gasteiger partial charge in [0.15, 0.2) is 0 Å². The molecule has 1 unspecified atom stereocenters. The first-order chi connectivity index (χ1) is 7.68. The number of nitrogens with zero attached hydrogens (tertiary/aromatic N) is 3. The molecular weight excluding hydrogens is 226 g/mol. The van der Waals surface area contributed by atoms with Crippen LogP contribution in [0.4, 0.5) is 0 Å². The van der Waals surface area contributed by atoms with Crippen LogP contribution in [-0.4, -0.2) is 19.9 Å². The minimum Gasteiger partial charge on any atom is -0.386 e. The molecule has 2 aromatic heterocycles. The Bertz CT molecular complexity index is 450. The first kappa shape index (κ1) is 11.1. The van der Waals surface area contributed by atoms with Gasteiger partial charge in [-0.3, -0.25) is 9.67 Å². The Hall–Kier alpha value is -1.39. The summed E-state index contributed by atoms with van der Waals surface area (Å²) >= 11 is 5.95. The normalized spacial score (nSPS) is 12.7. The molecule has 0 saturated carbocycles. The second-order valence-corrected chi connectivity index (χ2v) is 3.98. The van der Waals surface area contributed by atoms with Gasteiger partial charge in [-0.2, -0.15) is 5.10 Å². The number of pyridine rings is 1. The maximum atomic E-state index is 10.1. The maximum absolute atomic E-state index is 10.1. The molecule has 2 aromatic rings. The lowest BCUT2D eigenvalue weighted by atomic mass is 10.1. The Kier molecular flexibility index (Phi) is 3.22. The summed E-state index contributed by atoms with van der Waals surface area (Å²) in [5.41, 5.74) is 1.65. The van der Waals surface area contributed by atoms with E-state index in [0.717, 1.165) is 5.56 Å². The van der Waals surface area contributed by atoms with E-state index in [4.69, 9.17) is 11.6 Å². The van der Waals surface area contributed by atoms with Crippen LogP contribution < -0.4 is 0 Å². The Morgan fingerprint density at radius 3 is 2.69 bits per heavy atom. The fourth-order valence-electron chi connectivity index (χ4n) is 1.63. The predicted molar refractivity (Wildman–Crippen MR) is 61.1 cm³/mol. The van der Waals surface area contributed by atoms with Gasteiger partial charge in [0.2, 0.25) is 0 Å². The molecule has 0 aliphatic rings. The number of aromatic nitrogens is 3. The molecule has 0 spiro atoms. The molecule has 0 fully saturated rings. The van der Waals surface area contributed by atoms with Gasteiger partial charge in [-0.05, 0) is 17.7 Å². The van der Waals surface area contributed by atoms with E-state index in [0.29, 0.717) is 17.1 Å². The summed E-state index contributed by atoms with van der Waals surface area (Å²) in [6, 6.07) is 3.74. The molecule has 5 heteroatoms. The molecule has 4 nitrogen and oxygen atoms in total. The van der Waals surface area contributed by atoms with E-state index in [1.54, 1.807) is 24.1 Å². The molecule has 16 heavy (non-hydrogen) atoms. The zero-order valence-corrected chi connectivity index (χ0v) is 9.59. The van der Waals surface area contributed by atoms with Gasteiger partial charge in [-0.1, -0.05) is 11.6 Å². The van der Waals surface area contributed by atoms with Crippen LogP contribution in [0.3, 0.4) is 0 Å². The second kappa shape index (κ2) is 4.63. The van der Waals surface area contributed by atoms with Crippen LogP contribution in [0.5, 0.6) is 0 Å². The molecule has 2 rings (SSSR count). The monoisotopic (exact) mass is 237 g/mol. The van der Waals surface area contributed by atoms with Crippen molar-refractivity contribution in [3.8, 4) is 0 Å². The fraction of sp³-hybridized carbons (Fsp3) is 0.273. The van der Waals surface area contributed by atoms with E-state index >= 15 is 0 Å². The van der Waals surface area contributed by atoms with E-state index in [2.05, 4.69) is 10.1 Å². The van der Waals surface area contributed by atoms with Crippen molar-refractivity contribution in [1.29, 1.82) is 0 Å². The van der Waals surface area contributed by atoms with Crippen molar-refractivity contribution in [2.75, 3.05) is 0 Å². The van der Waals surface area contributed by atoms with Crippen LogP contribution in [-0.2, 0) is 13.5 Å². The summed E-state index contributed by atoms with van der Waals surface area (Å²) in [6.45, 7) is 0. The molecule has 0 saturated heterocycles. The molecule has 0 aromatic carbocycles. The minimum atomic E-state index is -0.651. The Morgan fingerprint density at radius 2 is 2.12 bits per heavy atom. The molecule has 0 aliphatic heterocycles. The van der Waals surface area contributed by atoms with E-state index in [9.17, 15) is 5.11 Å². The lowest BCUT2D eigenvalue weighted by molar-refractivity contribution is 0.168. The van der Waals surface area contributed by atoms with Crippen LogP contribution in [0.1, 0.15) is 17.4 Å². The standard InChI is InChI=1S/C11H12ClN3O/c1-15-11(9(12)7-14-15)10(16)6-8-2-4-13-5-3-8/h2-5,7,10,16H,6H2,1H3. The second-order valence-electron chi connectivity index (χ2n) is 3.58. The summed E-state index contributed by atoms with van der Waals surface area (Å²) < 4.78 is 1.59. The van der Waals surface area contributed by atoms with Crippen LogP contribution in [0.25, 0.3) is 0 Å². The van der Waals surface area contributed by atoms with Gasteiger partial charge in [-0.25, -0.2) is 0 Å². The Labute approximate surface area is 98.5 Å². The Morgan fingerprint density at radius 1 is 1.44 bits per heavy atom. The summed E-state index contributed by atoms with van der Waals surface area (Å²) in [4.78, 5) is 3.93. The van der Waals surface area contributed by atoms with Crippen molar-refractivity contribution >= 4 is 11.6 Å². The van der Waals surface area contributed by atoms with Gasteiger partial charge >= 0.3 is 0 Å². The lowest BCUT2D eigenvalue weighted by Gasteiger charge is -2.11. The van der Waals surface area contributed by atoms with Crippen molar-refractivity contribution in [3.05, 3.63) is 47.0 Å². The average Bonchev–Trinajstić information content (AvgIpc) is 2.60. The molecule has 0 amide bonds. The number of hydrogen-bond donors (Lipinski definition) is 1. The molecule has 84 valence electrons. The van der Waals surface area contributed by atoms with E-state index < -0.39 is 6.10 Å². The first-order valence-corrected chi connectivity index (χ1v) is 5.30. The number of aliphatic hydroxyl groups excluding tert-OH is 1. The largest absolute Gasteiger partial charge is 0.386 e. The highest BCUT2D eigenvalue weighted by Crippen LogP contribution is 2.24. The van der Waals surface area contributed by atoms with Gasteiger partial charge in [0.1, 0.15) is 6.10 Å². The van der Waals surface area contributed by atoms with Gasteiger partial charge in [-0.15, -0.1) is 0 Å². The van der Waals surface area contributed by atoms with E-state index in [1.807, 2.05) is 12.1 Å². The third-order valence-electron chi connectivity index (χ3n) is 2.43. The highest BCUT2D eigenvalue weighted by molar-refractivity contribution is 6.31. The molecule has 1 atom stereocenters. The quantitative estimate of drug-likeness (QED) is 0.885. The predicted octanol–water partition coefficient (Wildman–Crippen LogP) is 1.74. The van der Waals surface area contributed by atoms with Crippen molar-refractivity contribution in [2.45, 2.75) is 12.5 Å². The van der Waals surface area contributed by atoms with Crippen LogP contribution in [0.2, 0.25) is 5.02 Å². The summed E-state index contributed by atoms with van der Waals surface area (Å²) in [6.07, 6.45) is 4.79. The highest BCUT2D eigenvalue weighted by atomic mass is 35.5. The van der Waals surface area contributed by atoms with Crippen LogP contribution >= 0.6 is 11.6 Å². The van der Waals surface area contributed by atoms with Gasteiger partial charge < -0.3 is 5.11 Å². The van der Waals surface area contributed by atoms with E-state index in [-0.39, 0.29) is 0 Å². The summed E-state index contributed by atoms with van der Waals surface area (Å²) in [5, 5.41) is 14.5. The maximum Gasteiger partial charge on any atom is 0.101 e. The van der Waals surface area contributed by atoms with Gasteiger partial charge in [0.25, 0.3) is 0 Å². The molecule has 2 heterocycles. The minimum absolute atomic E-state index is 0.490. The molecule has 0 bridgehead atoms. The number of aliphatic hydroxyl groups is 1. The summed E-state index contributed by atoms with van der Waals surface area (Å²) in [7, 11) is 1.76. The number of rotatable bonds is 3. The number of hydrogen-bond acceptors (Lipinski definition) is 3. The molecule has 1 N–H and O–H groups in total. The third-order valence-corrected chi connectivity index (χ3v) is 2.72. The molecule has 0 aliphatic carbocycles. The van der Waals surface area contributed by atoms with E-state index in [1.165, 1.54) is 6.20 Å². The van der Waals surface area contributed by atoms with Crippen LogP contribution in [0, 0.1) is 0 Å². The van der Waals surface area contributed by atoms with Crippen molar-refractivity contribution < 1.29 is 5.11 Å². The SMILES string of the molecule is Cn1ncc(Cl)c1C(O)Cc1ccncc1. The fourth-order valence-corrected chi connectivity index (χ4v) is 1.93. The van der Waals surface area contributed by atoms with Gasteiger partial charge in [0.05, 0.1) is 16.9 Å². The smallest absolute Gasteiger partial charge is 0.101 e. The van der Waals surface area contributed by atoms with Crippen molar-refractivity contribution in [1.82, 2.24) is 14.8 Å². The third kappa shape index (κ3) is 2.23. The first-order valence-electron chi connectivity index (χ1n) is 4.93. The van der Waals surface area contributed by atoms with Crippen molar-refractivity contribution in [3.63, 3.8) is 0 Å². The average molecular weight is 238 g/mol. The molecule has 0 radical (unpaired) electrons. The topological polar surface area (TPSA) is 50.9 Å². The Balaban J connectivity index is 2.18. The summed E-state index contributed by atoms with van der Waals surface area (Å²) in [5.74, 6) is 0. The van der Waals surface area contributed by atoms with Crippen LogP contribution in [0.15, 0.2) is 30.7 Å². The van der Waals surface area contributed by atoms with Crippen molar-refractivity contribution in [2.24, 2.45) is 7.05 Å².